The smallest absolute Gasteiger partial charge is 0.326 e. The molecule has 32 heavy (non-hydrogen) atoms. The minimum atomic E-state index is -0.976. The van der Waals surface area contributed by atoms with Crippen molar-refractivity contribution in [3.8, 4) is 0 Å². The summed E-state index contributed by atoms with van der Waals surface area (Å²) in [5.74, 6) is -0.939. The molecule has 1 unspecified atom stereocenters. The van der Waals surface area contributed by atoms with Gasteiger partial charge in [0.25, 0.3) is 5.91 Å². The molecule has 2 heterocycles. The summed E-state index contributed by atoms with van der Waals surface area (Å²) >= 11 is 1.27. The standard InChI is InChI=1S/C23H21N5O3S/c1-3-17(21(30)31)28-18-10-9-16(26-22-24-11-4-12-25-22)13-19(18)32-23(28)27-20(29)15-7-5-14(2)6-8-15/h4-13,17H,3H2,1-2H3,(H,30,31)(H,24,25,26)/b27-23-. The van der Waals surface area contributed by atoms with Crippen LogP contribution in [0, 0.1) is 6.92 Å². The predicted octanol–water partition coefficient (Wildman–Crippen LogP) is 4.32. The molecule has 0 aliphatic rings. The highest BCUT2D eigenvalue weighted by Gasteiger charge is 2.22. The summed E-state index contributed by atoms with van der Waals surface area (Å²) in [6.45, 7) is 3.74. The van der Waals surface area contributed by atoms with E-state index in [0.29, 0.717) is 28.3 Å². The number of amides is 1. The van der Waals surface area contributed by atoms with Crippen molar-refractivity contribution in [3.05, 3.63) is 76.9 Å². The van der Waals surface area contributed by atoms with E-state index in [2.05, 4.69) is 20.3 Å². The van der Waals surface area contributed by atoms with Crippen LogP contribution >= 0.6 is 11.3 Å². The molecule has 0 fully saturated rings. The van der Waals surface area contributed by atoms with Crippen molar-refractivity contribution in [2.24, 2.45) is 4.99 Å². The van der Waals surface area contributed by atoms with Crippen LogP contribution in [-0.4, -0.2) is 31.5 Å². The third-order valence-electron chi connectivity index (χ3n) is 4.93. The zero-order valence-corrected chi connectivity index (χ0v) is 18.3. The minimum absolute atomic E-state index is 0.341. The van der Waals surface area contributed by atoms with E-state index >= 15 is 0 Å². The Kier molecular flexibility index (Phi) is 6.09. The van der Waals surface area contributed by atoms with E-state index in [0.717, 1.165) is 16.0 Å². The lowest BCUT2D eigenvalue weighted by atomic mass is 10.1. The van der Waals surface area contributed by atoms with Crippen molar-refractivity contribution in [2.75, 3.05) is 5.32 Å². The number of rotatable bonds is 6. The molecule has 0 saturated carbocycles. The lowest BCUT2D eigenvalue weighted by molar-refractivity contribution is -0.140. The average Bonchev–Trinajstić information content (AvgIpc) is 3.12. The number of aliphatic carboxylic acids is 1. The number of nitrogens with zero attached hydrogens (tertiary/aromatic N) is 4. The molecule has 0 aliphatic carbocycles. The molecule has 4 aromatic rings. The van der Waals surface area contributed by atoms with Crippen LogP contribution in [0.2, 0.25) is 0 Å². The van der Waals surface area contributed by atoms with Crippen molar-refractivity contribution in [3.63, 3.8) is 0 Å². The van der Waals surface area contributed by atoms with Crippen molar-refractivity contribution in [1.29, 1.82) is 0 Å². The molecule has 2 aromatic heterocycles. The van der Waals surface area contributed by atoms with E-state index in [4.69, 9.17) is 0 Å². The Labute approximate surface area is 187 Å². The van der Waals surface area contributed by atoms with Crippen molar-refractivity contribution in [2.45, 2.75) is 26.3 Å². The van der Waals surface area contributed by atoms with Gasteiger partial charge in [-0.1, -0.05) is 36.0 Å². The molecule has 2 aromatic carbocycles. The zero-order valence-electron chi connectivity index (χ0n) is 17.5. The summed E-state index contributed by atoms with van der Waals surface area (Å²) in [7, 11) is 0. The summed E-state index contributed by atoms with van der Waals surface area (Å²) in [6.07, 6.45) is 3.63. The maximum Gasteiger partial charge on any atom is 0.326 e. The highest BCUT2D eigenvalue weighted by molar-refractivity contribution is 7.16. The van der Waals surface area contributed by atoms with E-state index in [1.807, 2.05) is 37.3 Å². The molecular formula is C23H21N5O3S. The molecular weight excluding hydrogens is 426 g/mol. The van der Waals surface area contributed by atoms with Gasteiger partial charge in [-0.3, -0.25) is 4.79 Å². The van der Waals surface area contributed by atoms with Crippen LogP contribution in [0.15, 0.2) is 65.9 Å². The SMILES string of the molecule is CCC(C(=O)O)n1/c(=N/C(=O)c2ccc(C)cc2)sc2cc(Nc3ncccn3)ccc21. The predicted molar refractivity (Wildman–Crippen MR) is 123 cm³/mol. The van der Waals surface area contributed by atoms with Gasteiger partial charge in [0.05, 0.1) is 10.2 Å². The topological polar surface area (TPSA) is 109 Å². The van der Waals surface area contributed by atoms with Gasteiger partial charge in [0.15, 0.2) is 4.80 Å². The van der Waals surface area contributed by atoms with Gasteiger partial charge in [-0.15, -0.1) is 0 Å². The van der Waals surface area contributed by atoms with Gasteiger partial charge in [-0.25, -0.2) is 14.8 Å². The molecule has 9 heteroatoms. The minimum Gasteiger partial charge on any atom is -0.480 e. The van der Waals surface area contributed by atoms with Crippen molar-refractivity contribution >= 4 is 45.1 Å². The maximum absolute atomic E-state index is 12.8. The van der Waals surface area contributed by atoms with Gasteiger partial charge in [-0.05, 0) is 49.7 Å². The van der Waals surface area contributed by atoms with Gasteiger partial charge in [-0.2, -0.15) is 4.99 Å². The van der Waals surface area contributed by atoms with Crippen LogP contribution in [-0.2, 0) is 4.79 Å². The number of aryl methyl sites for hydroxylation is 1. The Balaban J connectivity index is 1.83. The van der Waals surface area contributed by atoms with E-state index in [-0.39, 0.29) is 0 Å². The van der Waals surface area contributed by atoms with E-state index in [1.165, 1.54) is 11.3 Å². The fourth-order valence-corrected chi connectivity index (χ4v) is 4.42. The number of carbonyl (C=O) groups excluding carboxylic acids is 1. The first-order valence-corrected chi connectivity index (χ1v) is 10.9. The van der Waals surface area contributed by atoms with Crippen LogP contribution < -0.4 is 10.1 Å². The van der Waals surface area contributed by atoms with Gasteiger partial charge in [0.2, 0.25) is 5.95 Å². The molecule has 0 aliphatic heterocycles. The highest BCUT2D eigenvalue weighted by atomic mass is 32.1. The Bertz CT molecular complexity index is 1340. The first kappa shape index (κ1) is 21.4. The molecule has 0 spiro atoms. The number of hydrogen-bond donors (Lipinski definition) is 2. The Morgan fingerprint density at radius 2 is 1.88 bits per heavy atom. The molecule has 162 valence electrons. The summed E-state index contributed by atoms with van der Waals surface area (Å²) in [5, 5.41) is 12.9. The van der Waals surface area contributed by atoms with Crippen molar-refractivity contribution < 1.29 is 14.7 Å². The van der Waals surface area contributed by atoms with E-state index in [9.17, 15) is 14.7 Å². The van der Waals surface area contributed by atoms with Crippen LogP contribution in [0.25, 0.3) is 10.2 Å². The second-order valence-electron chi connectivity index (χ2n) is 7.18. The number of thiazole rings is 1. The first-order chi connectivity index (χ1) is 15.5. The van der Waals surface area contributed by atoms with Gasteiger partial charge in [0.1, 0.15) is 6.04 Å². The number of anilines is 2. The number of aromatic nitrogens is 3. The molecule has 4 rings (SSSR count). The van der Waals surface area contributed by atoms with Crippen molar-refractivity contribution in [1.82, 2.24) is 14.5 Å². The van der Waals surface area contributed by atoms with E-state index in [1.54, 1.807) is 42.1 Å². The van der Waals surface area contributed by atoms with Gasteiger partial charge >= 0.3 is 5.97 Å². The number of carboxylic acids is 1. The lowest BCUT2D eigenvalue weighted by Crippen LogP contribution is -2.27. The second-order valence-corrected chi connectivity index (χ2v) is 8.19. The lowest BCUT2D eigenvalue weighted by Gasteiger charge is -2.13. The molecule has 2 N–H and O–H groups in total. The molecule has 8 nitrogen and oxygen atoms in total. The normalized spacial score (nSPS) is 12.6. The Morgan fingerprint density at radius 1 is 1.16 bits per heavy atom. The van der Waals surface area contributed by atoms with E-state index < -0.39 is 17.9 Å². The van der Waals surface area contributed by atoms with Crippen LogP contribution in [0.4, 0.5) is 11.6 Å². The summed E-state index contributed by atoms with van der Waals surface area (Å²) in [6, 6.07) is 13.5. The van der Waals surface area contributed by atoms with Crippen LogP contribution in [0.1, 0.15) is 35.3 Å². The molecule has 0 bridgehead atoms. The summed E-state index contributed by atoms with van der Waals surface area (Å²) in [4.78, 5) is 37.7. The quantitative estimate of drug-likeness (QED) is 0.456. The first-order valence-electron chi connectivity index (χ1n) is 10.0. The van der Waals surface area contributed by atoms with Crippen LogP contribution in [0.3, 0.4) is 0 Å². The number of carboxylic acid groups (broad SMARTS) is 1. The van der Waals surface area contributed by atoms with Crippen LogP contribution in [0.5, 0.6) is 0 Å². The third-order valence-corrected chi connectivity index (χ3v) is 5.95. The summed E-state index contributed by atoms with van der Waals surface area (Å²) < 4.78 is 2.41. The Morgan fingerprint density at radius 3 is 2.53 bits per heavy atom. The second kappa shape index (κ2) is 9.11. The number of hydrogen-bond acceptors (Lipinski definition) is 6. The number of benzene rings is 2. The monoisotopic (exact) mass is 447 g/mol. The fourth-order valence-electron chi connectivity index (χ4n) is 3.31. The number of nitrogens with one attached hydrogen (secondary N) is 1. The molecule has 1 amide bonds. The highest BCUT2D eigenvalue weighted by Crippen LogP contribution is 2.27. The van der Waals surface area contributed by atoms with Gasteiger partial charge < -0.3 is 15.0 Å². The molecule has 1 atom stereocenters. The zero-order chi connectivity index (χ0) is 22.7. The maximum atomic E-state index is 12.8. The number of fused-ring (bicyclic) bond motifs is 1. The van der Waals surface area contributed by atoms with Gasteiger partial charge in [0, 0.05) is 23.6 Å². The fraction of sp³-hybridized carbons (Fsp3) is 0.174. The largest absolute Gasteiger partial charge is 0.480 e. The molecule has 0 radical (unpaired) electrons. The third kappa shape index (κ3) is 4.42. The molecule has 0 saturated heterocycles. The summed E-state index contributed by atoms with van der Waals surface area (Å²) in [5.41, 5.74) is 2.93. The Hall–Kier alpha value is -3.85. The average molecular weight is 448 g/mol. The number of carbonyl (C=O) groups is 2.